The molecular formula is C10H20N2O. The fraction of sp³-hybridized carbons (Fsp3) is 0.900. The first-order chi connectivity index (χ1) is 5.99. The van der Waals surface area contributed by atoms with Gasteiger partial charge >= 0.3 is 0 Å². The third-order valence-corrected chi connectivity index (χ3v) is 2.84. The summed E-state index contributed by atoms with van der Waals surface area (Å²) in [4.78, 5) is 11.5. The maximum absolute atomic E-state index is 11.5. The molecule has 3 heteroatoms. The van der Waals surface area contributed by atoms with Crippen molar-refractivity contribution in [3.05, 3.63) is 0 Å². The van der Waals surface area contributed by atoms with Gasteiger partial charge in [0.2, 0.25) is 5.91 Å². The summed E-state index contributed by atoms with van der Waals surface area (Å²) < 4.78 is 0. The highest BCUT2D eigenvalue weighted by atomic mass is 16.2. The van der Waals surface area contributed by atoms with Crippen LogP contribution in [0, 0.1) is 11.8 Å². The Morgan fingerprint density at radius 1 is 1.62 bits per heavy atom. The minimum atomic E-state index is -0.165. The molecule has 0 aliphatic heterocycles. The summed E-state index contributed by atoms with van der Waals surface area (Å²) in [5.41, 5.74) is 5.52. The number of nitrogens with one attached hydrogen (secondary N) is 1. The normalized spacial score (nSPS) is 21.3. The van der Waals surface area contributed by atoms with Crippen molar-refractivity contribution < 1.29 is 4.79 Å². The Kier molecular flexibility index (Phi) is 2.96. The van der Waals surface area contributed by atoms with Gasteiger partial charge in [-0.25, -0.2) is 0 Å². The predicted molar refractivity (Wildman–Crippen MR) is 53.2 cm³/mol. The fourth-order valence-electron chi connectivity index (χ4n) is 1.47. The Balaban J connectivity index is 2.52. The van der Waals surface area contributed by atoms with Gasteiger partial charge in [-0.2, -0.15) is 0 Å². The summed E-state index contributed by atoms with van der Waals surface area (Å²) in [5, 5.41) is 3.04. The number of amides is 1. The molecule has 3 nitrogen and oxygen atoms in total. The molecule has 1 fully saturated rings. The highest BCUT2D eigenvalue weighted by Gasteiger charge is 2.41. The van der Waals surface area contributed by atoms with Crippen molar-refractivity contribution >= 4 is 5.91 Å². The molecule has 1 unspecified atom stereocenters. The lowest BCUT2D eigenvalue weighted by Gasteiger charge is -2.30. The summed E-state index contributed by atoms with van der Waals surface area (Å²) in [7, 11) is 0. The zero-order chi connectivity index (χ0) is 10.1. The summed E-state index contributed by atoms with van der Waals surface area (Å²) >= 11 is 0. The van der Waals surface area contributed by atoms with Gasteiger partial charge < -0.3 is 11.1 Å². The molecule has 76 valence electrons. The van der Waals surface area contributed by atoms with Crippen LogP contribution in [-0.2, 0) is 4.79 Å². The highest BCUT2D eigenvalue weighted by Crippen LogP contribution is 2.39. The standard InChI is InChI=1S/C10H20N2O/c1-7(2)9(13)12-10(3,6-11)8-4-5-8/h7-8H,4-6,11H2,1-3H3,(H,12,13). The van der Waals surface area contributed by atoms with Crippen LogP contribution in [0.4, 0.5) is 0 Å². The van der Waals surface area contributed by atoms with Crippen LogP contribution in [0.3, 0.4) is 0 Å². The molecule has 0 aromatic rings. The van der Waals surface area contributed by atoms with Crippen LogP contribution in [0.2, 0.25) is 0 Å². The predicted octanol–water partition coefficient (Wildman–Crippen LogP) is 0.886. The van der Waals surface area contributed by atoms with Gasteiger partial charge in [-0.1, -0.05) is 13.8 Å². The van der Waals surface area contributed by atoms with Crippen molar-refractivity contribution in [1.29, 1.82) is 0 Å². The van der Waals surface area contributed by atoms with E-state index in [1.165, 1.54) is 12.8 Å². The molecule has 0 aromatic heterocycles. The molecule has 0 heterocycles. The van der Waals surface area contributed by atoms with Gasteiger partial charge in [0.15, 0.2) is 0 Å². The van der Waals surface area contributed by atoms with Crippen LogP contribution in [0.25, 0.3) is 0 Å². The summed E-state index contributed by atoms with van der Waals surface area (Å²) in [6, 6.07) is 0. The Labute approximate surface area is 80.1 Å². The second-order valence-corrected chi connectivity index (χ2v) is 4.54. The summed E-state index contributed by atoms with van der Waals surface area (Å²) in [6.45, 7) is 6.39. The van der Waals surface area contributed by atoms with E-state index in [1.807, 2.05) is 20.8 Å². The van der Waals surface area contributed by atoms with E-state index in [4.69, 9.17) is 5.73 Å². The Morgan fingerprint density at radius 2 is 2.15 bits per heavy atom. The zero-order valence-corrected chi connectivity index (χ0v) is 8.76. The van der Waals surface area contributed by atoms with Crippen molar-refractivity contribution in [1.82, 2.24) is 5.32 Å². The maximum atomic E-state index is 11.5. The molecule has 1 atom stereocenters. The quantitative estimate of drug-likeness (QED) is 0.681. The average Bonchev–Trinajstić information content (AvgIpc) is 2.86. The van der Waals surface area contributed by atoms with Crippen molar-refractivity contribution in [2.24, 2.45) is 17.6 Å². The lowest BCUT2D eigenvalue weighted by atomic mass is 9.95. The van der Waals surface area contributed by atoms with Gasteiger partial charge in [0.1, 0.15) is 0 Å². The van der Waals surface area contributed by atoms with Gasteiger partial charge in [0.05, 0.1) is 5.54 Å². The first-order valence-corrected chi connectivity index (χ1v) is 5.01. The lowest BCUT2D eigenvalue weighted by Crippen LogP contribution is -2.54. The SMILES string of the molecule is CC(C)C(=O)NC(C)(CN)C1CC1. The van der Waals surface area contributed by atoms with Gasteiger partial charge in [-0.3, -0.25) is 4.79 Å². The van der Waals surface area contributed by atoms with E-state index >= 15 is 0 Å². The first-order valence-electron chi connectivity index (χ1n) is 5.01. The lowest BCUT2D eigenvalue weighted by molar-refractivity contribution is -0.126. The number of rotatable bonds is 4. The number of hydrogen-bond acceptors (Lipinski definition) is 2. The molecule has 1 saturated carbocycles. The summed E-state index contributed by atoms with van der Waals surface area (Å²) in [5.74, 6) is 0.754. The van der Waals surface area contributed by atoms with Crippen molar-refractivity contribution in [2.45, 2.75) is 39.2 Å². The van der Waals surface area contributed by atoms with Crippen LogP contribution in [0.15, 0.2) is 0 Å². The van der Waals surface area contributed by atoms with E-state index in [9.17, 15) is 4.79 Å². The van der Waals surface area contributed by atoms with E-state index in [0.29, 0.717) is 12.5 Å². The maximum Gasteiger partial charge on any atom is 0.223 e. The van der Waals surface area contributed by atoms with E-state index < -0.39 is 0 Å². The largest absolute Gasteiger partial charge is 0.349 e. The van der Waals surface area contributed by atoms with Crippen molar-refractivity contribution in [2.75, 3.05) is 6.54 Å². The second kappa shape index (κ2) is 3.66. The molecule has 1 aliphatic carbocycles. The topological polar surface area (TPSA) is 55.1 Å². The molecule has 1 rings (SSSR count). The third kappa shape index (κ3) is 2.44. The van der Waals surface area contributed by atoms with Crippen LogP contribution in [0.1, 0.15) is 33.6 Å². The second-order valence-electron chi connectivity index (χ2n) is 4.54. The molecule has 0 radical (unpaired) electrons. The molecule has 0 spiro atoms. The third-order valence-electron chi connectivity index (χ3n) is 2.84. The number of nitrogens with two attached hydrogens (primary N) is 1. The highest BCUT2D eigenvalue weighted by molar-refractivity contribution is 5.78. The van der Waals surface area contributed by atoms with E-state index in [-0.39, 0.29) is 17.4 Å². The van der Waals surface area contributed by atoms with Crippen LogP contribution in [-0.4, -0.2) is 18.0 Å². The van der Waals surface area contributed by atoms with Crippen LogP contribution < -0.4 is 11.1 Å². The van der Waals surface area contributed by atoms with Gasteiger partial charge in [0.25, 0.3) is 0 Å². The molecule has 0 saturated heterocycles. The van der Waals surface area contributed by atoms with Crippen molar-refractivity contribution in [3.63, 3.8) is 0 Å². The number of hydrogen-bond donors (Lipinski definition) is 2. The monoisotopic (exact) mass is 184 g/mol. The van der Waals surface area contributed by atoms with Gasteiger partial charge in [0, 0.05) is 12.5 Å². The van der Waals surface area contributed by atoms with E-state index in [0.717, 1.165) is 0 Å². The minimum Gasteiger partial charge on any atom is -0.349 e. The van der Waals surface area contributed by atoms with Gasteiger partial charge in [-0.15, -0.1) is 0 Å². The smallest absolute Gasteiger partial charge is 0.223 e. The minimum absolute atomic E-state index is 0.0459. The van der Waals surface area contributed by atoms with Crippen LogP contribution in [0.5, 0.6) is 0 Å². The molecule has 1 aliphatic rings. The van der Waals surface area contributed by atoms with Crippen molar-refractivity contribution in [3.8, 4) is 0 Å². The summed E-state index contributed by atoms with van der Waals surface area (Å²) in [6.07, 6.45) is 2.40. The molecule has 0 bridgehead atoms. The van der Waals surface area contributed by atoms with E-state index in [1.54, 1.807) is 0 Å². The van der Waals surface area contributed by atoms with Crippen LogP contribution >= 0.6 is 0 Å². The molecular weight excluding hydrogens is 164 g/mol. The van der Waals surface area contributed by atoms with E-state index in [2.05, 4.69) is 5.32 Å². The molecule has 1 amide bonds. The Bertz CT molecular complexity index is 199. The fourth-order valence-corrected chi connectivity index (χ4v) is 1.47. The molecule has 13 heavy (non-hydrogen) atoms. The number of carbonyl (C=O) groups excluding carboxylic acids is 1. The molecule has 3 N–H and O–H groups in total. The first kappa shape index (κ1) is 10.5. The van der Waals surface area contributed by atoms with Gasteiger partial charge in [-0.05, 0) is 25.7 Å². The average molecular weight is 184 g/mol. The molecule has 0 aromatic carbocycles. The Morgan fingerprint density at radius 3 is 2.46 bits per heavy atom. The Hall–Kier alpha value is -0.570. The number of carbonyl (C=O) groups is 1. The zero-order valence-electron chi connectivity index (χ0n) is 8.76.